The van der Waals surface area contributed by atoms with Gasteiger partial charge < -0.3 is 14.4 Å². The Morgan fingerprint density at radius 3 is 2.55 bits per heavy atom. The fraction of sp³-hybridized carbons (Fsp3) is 0.346. The number of hydrogen-bond acceptors (Lipinski definition) is 5. The van der Waals surface area contributed by atoms with E-state index in [-0.39, 0.29) is 36.0 Å². The summed E-state index contributed by atoms with van der Waals surface area (Å²) < 4.78 is 11.0. The zero-order valence-electron chi connectivity index (χ0n) is 18.3. The number of Topliss-reactive ketones (excluding diaryl/α,β-unsaturated/α-hetero) is 1. The van der Waals surface area contributed by atoms with Crippen molar-refractivity contribution in [1.82, 2.24) is 4.90 Å². The highest BCUT2D eigenvalue weighted by Crippen LogP contribution is 2.47. The fourth-order valence-electron chi connectivity index (χ4n) is 5.13. The highest BCUT2D eigenvalue weighted by molar-refractivity contribution is 6.31. The first kappa shape index (κ1) is 21.7. The number of ether oxygens (including phenoxy) is 2. The lowest BCUT2D eigenvalue weighted by molar-refractivity contribution is -0.135. The summed E-state index contributed by atoms with van der Waals surface area (Å²) in [7, 11) is 1.33. The second-order valence-corrected chi connectivity index (χ2v) is 9.10. The Hall–Kier alpha value is -3.12. The zero-order valence-corrected chi connectivity index (χ0v) is 19.0. The smallest absolute Gasteiger partial charge is 0.337 e. The molecule has 6 nitrogen and oxygen atoms in total. The van der Waals surface area contributed by atoms with E-state index in [1.165, 1.54) is 7.11 Å². The Balaban J connectivity index is 1.58. The number of carbonyl (C=O) groups is 3. The van der Waals surface area contributed by atoms with Crippen molar-refractivity contribution in [3.05, 3.63) is 81.6 Å². The molecule has 3 atom stereocenters. The molecule has 1 amide bonds. The molecule has 0 N–H and O–H groups in total. The predicted molar refractivity (Wildman–Crippen MR) is 121 cm³/mol. The minimum Gasteiger partial charge on any atom is -0.483 e. The summed E-state index contributed by atoms with van der Waals surface area (Å²) in [6.45, 7) is 0.237. The van der Waals surface area contributed by atoms with Gasteiger partial charge in [-0.1, -0.05) is 48.4 Å². The number of rotatable bonds is 4. The van der Waals surface area contributed by atoms with Crippen molar-refractivity contribution in [2.24, 2.45) is 5.92 Å². The fourth-order valence-corrected chi connectivity index (χ4v) is 5.33. The molecule has 2 aromatic carbocycles. The van der Waals surface area contributed by atoms with E-state index in [2.05, 4.69) is 0 Å². The summed E-state index contributed by atoms with van der Waals surface area (Å²) in [6, 6.07) is 13.6. The van der Waals surface area contributed by atoms with Crippen LogP contribution >= 0.6 is 11.6 Å². The topological polar surface area (TPSA) is 72.9 Å². The zero-order chi connectivity index (χ0) is 23.1. The lowest BCUT2D eigenvalue weighted by atomic mass is 9.77. The summed E-state index contributed by atoms with van der Waals surface area (Å²) >= 11 is 6.40. The SMILES string of the molecule is COC(=O)c1ccc(C2C3=C(OC4CCCCC4C3=O)C(=O)N2Cc2ccccc2Cl)cc1. The van der Waals surface area contributed by atoms with Crippen LogP contribution in [0.3, 0.4) is 0 Å². The molecule has 2 aromatic rings. The van der Waals surface area contributed by atoms with E-state index in [4.69, 9.17) is 21.1 Å². The maximum absolute atomic E-state index is 13.6. The van der Waals surface area contributed by atoms with Gasteiger partial charge in [0.25, 0.3) is 5.91 Å². The molecule has 0 radical (unpaired) electrons. The summed E-state index contributed by atoms with van der Waals surface area (Å²) in [5.41, 5.74) is 2.34. The van der Waals surface area contributed by atoms with Crippen molar-refractivity contribution in [3.8, 4) is 0 Å². The molecular weight excluding hydrogens is 442 g/mol. The van der Waals surface area contributed by atoms with E-state index in [1.807, 2.05) is 18.2 Å². The van der Waals surface area contributed by atoms with Crippen LogP contribution in [-0.2, 0) is 25.6 Å². The Bertz CT molecular complexity index is 1160. The number of hydrogen-bond donors (Lipinski definition) is 0. The molecule has 7 heteroatoms. The molecular formula is C26H24ClNO5. The van der Waals surface area contributed by atoms with Gasteiger partial charge in [0.1, 0.15) is 6.10 Å². The first-order valence-electron chi connectivity index (χ1n) is 11.2. The molecule has 3 aliphatic rings. The number of benzene rings is 2. The molecule has 0 aromatic heterocycles. The second-order valence-electron chi connectivity index (χ2n) is 8.69. The first-order valence-corrected chi connectivity index (χ1v) is 11.5. The van der Waals surface area contributed by atoms with E-state index in [0.29, 0.717) is 16.2 Å². The van der Waals surface area contributed by atoms with Crippen LogP contribution in [-0.4, -0.2) is 35.8 Å². The second kappa shape index (κ2) is 8.67. The molecule has 1 saturated carbocycles. The van der Waals surface area contributed by atoms with E-state index >= 15 is 0 Å². The quantitative estimate of drug-likeness (QED) is 0.616. The Morgan fingerprint density at radius 1 is 1.09 bits per heavy atom. The van der Waals surface area contributed by atoms with Crippen LogP contribution in [0.2, 0.25) is 5.02 Å². The van der Waals surface area contributed by atoms with Gasteiger partial charge in [0.15, 0.2) is 11.5 Å². The Labute approximate surface area is 197 Å². The number of amides is 1. The summed E-state index contributed by atoms with van der Waals surface area (Å²) in [6.07, 6.45) is 3.29. The van der Waals surface area contributed by atoms with Crippen LogP contribution < -0.4 is 0 Å². The van der Waals surface area contributed by atoms with Gasteiger partial charge in [0, 0.05) is 11.6 Å². The maximum Gasteiger partial charge on any atom is 0.337 e. The normalized spacial score (nSPS) is 24.3. The molecule has 5 rings (SSSR count). The molecule has 170 valence electrons. The third-order valence-electron chi connectivity index (χ3n) is 6.80. The summed E-state index contributed by atoms with van der Waals surface area (Å²) in [4.78, 5) is 40.7. The van der Waals surface area contributed by atoms with E-state index in [9.17, 15) is 14.4 Å². The van der Waals surface area contributed by atoms with Crippen molar-refractivity contribution < 1.29 is 23.9 Å². The number of nitrogens with zero attached hydrogens (tertiary/aromatic N) is 1. The van der Waals surface area contributed by atoms with Crippen LogP contribution in [0.5, 0.6) is 0 Å². The highest BCUT2D eigenvalue weighted by Gasteiger charge is 2.51. The van der Waals surface area contributed by atoms with Gasteiger partial charge in [-0.05, 0) is 48.6 Å². The van der Waals surface area contributed by atoms with Crippen LogP contribution in [0.15, 0.2) is 59.9 Å². The Morgan fingerprint density at radius 2 is 1.82 bits per heavy atom. The number of methoxy groups -OCH3 is 1. The molecule has 3 unspecified atom stereocenters. The van der Waals surface area contributed by atoms with E-state index in [0.717, 1.165) is 36.8 Å². The molecule has 0 saturated heterocycles. The highest BCUT2D eigenvalue weighted by atomic mass is 35.5. The number of esters is 1. The van der Waals surface area contributed by atoms with Crippen LogP contribution in [0, 0.1) is 5.92 Å². The van der Waals surface area contributed by atoms with Gasteiger partial charge in [-0.2, -0.15) is 0 Å². The van der Waals surface area contributed by atoms with Gasteiger partial charge in [0.2, 0.25) is 0 Å². The maximum atomic E-state index is 13.6. The third kappa shape index (κ3) is 3.72. The van der Waals surface area contributed by atoms with Gasteiger partial charge in [0.05, 0.1) is 30.2 Å². The lowest BCUT2D eigenvalue weighted by Gasteiger charge is -2.35. The van der Waals surface area contributed by atoms with Crippen molar-refractivity contribution in [2.75, 3.05) is 7.11 Å². The number of fused-ring (bicyclic) bond motifs is 1. The largest absolute Gasteiger partial charge is 0.483 e. The predicted octanol–water partition coefficient (Wildman–Crippen LogP) is 4.62. The summed E-state index contributed by atoms with van der Waals surface area (Å²) in [5.74, 6) is -0.805. The molecule has 0 spiro atoms. The van der Waals surface area contributed by atoms with Crippen LogP contribution in [0.1, 0.15) is 53.2 Å². The van der Waals surface area contributed by atoms with Gasteiger partial charge in [-0.15, -0.1) is 0 Å². The average molecular weight is 466 g/mol. The van der Waals surface area contributed by atoms with Gasteiger partial charge in [-0.3, -0.25) is 9.59 Å². The molecule has 2 heterocycles. The number of ketones is 1. The minimum absolute atomic E-state index is 0.00185. The number of halogens is 1. The van der Waals surface area contributed by atoms with E-state index in [1.54, 1.807) is 35.2 Å². The average Bonchev–Trinajstić information content (AvgIpc) is 3.12. The molecule has 0 bridgehead atoms. The molecule has 2 aliphatic heterocycles. The Kier molecular flexibility index (Phi) is 5.71. The summed E-state index contributed by atoms with van der Waals surface area (Å²) in [5, 5.41) is 0.552. The van der Waals surface area contributed by atoms with Crippen molar-refractivity contribution in [1.29, 1.82) is 0 Å². The molecule has 1 aliphatic carbocycles. The molecule has 33 heavy (non-hydrogen) atoms. The molecule has 1 fully saturated rings. The van der Waals surface area contributed by atoms with Crippen LogP contribution in [0.25, 0.3) is 0 Å². The van der Waals surface area contributed by atoms with Gasteiger partial charge >= 0.3 is 5.97 Å². The van der Waals surface area contributed by atoms with Gasteiger partial charge in [-0.25, -0.2) is 4.79 Å². The lowest BCUT2D eigenvalue weighted by Crippen LogP contribution is -2.39. The number of carbonyl (C=O) groups excluding carboxylic acids is 3. The van der Waals surface area contributed by atoms with Crippen molar-refractivity contribution >= 4 is 29.3 Å². The standard InChI is InChI=1S/C26H24ClNO5/c1-32-26(31)16-12-10-15(11-13-16)22-21-23(29)18-7-3-5-9-20(18)33-24(21)25(30)28(22)14-17-6-2-4-8-19(17)27/h2,4,6,8,10-13,18,20,22H,3,5,7,9,14H2,1H3. The van der Waals surface area contributed by atoms with E-state index < -0.39 is 12.0 Å². The minimum atomic E-state index is -0.606. The van der Waals surface area contributed by atoms with Crippen molar-refractivity contribution in [2.45, 2.75) is 44.4 Å². The first-order chi connectivity index (χ1) is 16.0. The monoisotopic (exact) mass is 465 g/mol. The van der Waals surface area contributed by atoms with Crippen molar-refractivity contribution in [3.63, 3.8) is 0 Å². The third-order valence-corrected chi connectivity index (χ3v) is 7.17. The van der Waals surface area contributed by atoms with Crippen LogP contribution in [0.4, 0.5) is 0 Å².